The molecule has 30 heavy (non-hydrogen) atoms. The second-order valence-electron chi connectivity index (χ2n) is 5.88. The lowest BCUT2D eigenvalue weighted by Crippen LogP contribution is -2.27. The Balaban J connectivity index is 2.11. The van der Waals surface area contributed by atoms with Crippen LogP contribution in [0.5, 0.6) is 17.4 Å². The average molecular weight is 507 g/mol. The number of aromatic nitrogens is 4. The number of methoxy groups -OCH3 is 1. The molecule has 3 aromatic rings. The van der Waals surface area contributed by atoms with E-state index in [9.17, 15) is 18.0 Å². The SMILES string of the molecule is COc1nnc(Br)cc1Cn1cnc(C(F)(F)F)c(Oc2cc(N)cc(Cl)c2)c1=O. The van der Waals surface area contributed by atoms with E-state index in [1.165, 1.54) is 31.4 Å². The van der Waals surface area contributed by atoms with Crippen LogP contribution in [0.2, 0.25) is 5.02 Å². The molecule has 2 aromatic heterocycles. The summed E-state index contributed by atoms with van der Waals surface area (Å²) in [5.41, 5.74) is 3.60. The van der Waals surface area contributed by atoms with Gasteiger partial charge in [-0.25, -0.2) is 4.98 Å². The second kappa shape index (κ2) is 8.48. The predicted octanol–water partition coefficient (Wildman–Crippen LogP) is 3.90. The maximum absolute atomic E-state index is 13.4. The van der Waals surface area contributed by atoms with E-state index in [0.29, 0.717) is 10.2 Å². The van der Waals surface area contributed by atoms with E-state index < -0.39 is 23.2 Å². The molecule has 158 valence electrons. The highest BCUT2D eigenvalue weighted by Crippen LogP contribution is 2.35. The number of rotatable bonds is 5. The Kier molecular flexibility index (Phi) is 6.17. The molecule has 1 aromatic carbocycles. The third kappa shape index (κ3) is 4.82. The zero-order valence-corrected chi connectivity index (χ0v) is 17.4. The molecule has 13 heteroatoms. The molecule has 0 fully saturated rings. The van der Waals surface area contributed by atoms with Gasteiger partial charge in [-0.05, 0) is 34.1 Å². The Bertz CT molecular complexity index is 1140. The fraction of sp³-hybridized carbons (Fsp3) is 0.176. The minimum Gasteiger partial charge on any atom is -0.480 e. The molecule has 0 atom stereocenters. The van der Waals surface area contributed by atoms with Crippen molar-refractivity contribution >= 4 is 33.2 Å². The van der Waals surface area contributed by atoms with Gasteiger partial charge in [-0.15, -0.1) is 10.2 Å². The van der Waals surface area contributed by atoms with Gasteiger partial charge in [0.2, 0.25) is 11.6 Å². The van der Waals surface area contributed by atoms with Crippen LogP contribution in [0.1, 0.15) is 11.3 Å². The van der Waals surface area contributed by atoms with E-state index in [1.807, 2.05) is 0 Å². The van der Waals surface area contributed by atoms with Gasteiger partial charge in [0.05, 0.1) is 20.0 Å². The van der Waals surface area contributed by atoms with Crippen LogP contribution in [-0.4, -0.2) is 26.9 Å². The Morgan fingerprint density at radius 2 is 1.97 bits per heavy atom. The molecule has 0 aliphatic heterocycles. The number of nitrogens with zero attached hydrogens (tertiary/aromatic N) is 4. The molecular formula is C17H12BrClF3N5O3. The predicted molar refractivity (Wildman–Crippen MR) is 105 cm³/mol. The van der Waals surface area contributed by atoms with Crippen molar-refractivity contribution < 1.29 is 22.6 Å². The Morgan fingerprint density at radius 1 is 1.23 bits per heavy atom. The van der Waals surface area contributed by atoms with Crippen LogP contribution in [0.15, 0.2) is 40.0 Å². The van der Waals surface area contributed by atoms with Gasteiger partial charge in [-0.3, -0.25) is 9.36 Å². The summed E-state index contributed by atoms with van der Waals surface area (Å²) in [6.07, 6.45) is -4.17. The molecule has 0 saturated carbocycles. The Hall–Kier alpha value is -2.86. The van der Waals surface area contributed by atoms with Crippen molar-refractivity contribution in [3.63, 3.8) is 0 Å². The molecule has 0 aliphatic carbocycles. The molecule has 0 bridgehead atoms. The summed E-state index contributed by atoms with van der Waals surface area (Å²) < 4.78 is 51.9. The number of benzene rings is 1. The molecule has 2 N–H and O–H groups in total. The highest BCUT2D eigenvalue weighted by atomic mass is 79.9. The highest BCUT2D eigenvalue weighted by Gasteiger charge is 2.38. The van der Waals surface area contributed by atoms with Gasteiger partial charge < -0.3 is 15.2 Å². The number of hydrogen-bond donors (Lipinski definition) is 1. The minimum atomic E-state index is -4.93. The first-order valence-electron chi connectivity index (χ1n) is 8.05. The van der Waals surface area contributed by atoms with Crippen LogP contribution in [0.25, 0.3) is 0 Å². The van der Waals surface area contributed by atoms with E-state index in [2.05, 4.69) is 31.1 Å². The molecule has 0 radical (unpaired) electrons. The number of hydrogen-bond acceptors (Lipinski definition) is 7. The maximum Gasteiger partial charge on any atom is 0.437 e. The number of nitrogen functional groups attached to an aromatic ring is 1. The van der Waals surface area contributed by atoms with Gasteiger partial charge in [-0.2, -0.15) is 13.2 Å². The number of anilines is 1. The van der Waals surface area contributed by atoms with Gasteiger partial charge in [-0.1, -0.05) is 11.6 Å². The van der Waals surface area contributed by atoms with Gasteiger partial charge >= 0.3 is 6.18 Å². The van der Waals surface area contributed by atoms with Crippen molar-refractivity contribution in [1.82, 2.24) is 19.7 Å². The Morgan fingerprint density at radius 3 is 2.60 bits per heavy atom. The van der Waals surface area contributed by atoms with Gasteiger partial charge in [0.1, 0.15) is 10.4 Å². The van der Waals surface area contributed by atoms with Crippen LogP contribution >= 0.6 is 27.5 Å². The molecular weight excluding hydrogens is 495 g/mol. The van der Waals surface area contributed by atoms with Crippen LogP contribution in [0.4, 0.5) is 18.9 Å². The van der Waals surface area contributed by atoms with Crippen LogP contribution in [0.3, 0.4) is 0 Å². The first kappa shape index (κ1) is 21.8. The smallest absolute Gasteiger partial charge is 0.437 e. The fourth-order valence-corrected chi connectivity index (χ4v) is 3.09. The summed E-state index contributed by atoms with van der Waals surface area (Å²) in [5.74, 6) is -1.07. The summed E-state index contributed by atoms with van der Waals surface area (Å²) in [5, 5.41) is 7.67. The second-order valence-corrected chi connectivity index (χ2v) is 7.13. The van der Waals surface area contributed by atoms with E-state index in [1.54, 1.807) is 0 Å². The average Bonchev–Trinajstić information content (AvgIpc) is 2.63. The van der Waals surface area contributed by atoms with Crippen molar-refractivity contribution in [3.05, 3.63) is 61.8 Å². The van der Waals surface area contributed by atoms with Crippen molar-refractivity contribution in [1.29, 1.82) is 0 Å². The largest absolute Gasteiger partial charge is 0.480 e. The minimum absolute atomic E-state index is 0.0927. The van der Waals surface area contributed by atoms with Crippen molar-refractivity contribution in [2.45, 2.75) is 12.7 Å². The first-order chi connectivity index (χ1) is 14.1. The molecule has 0 aliphatic rings. The molecule has 0 amide bonds. The number of ether oxygens (including phenoxy) is 2. The fourth-order valence-electron chi connectivity index (χ4n) is 2.50. The van der Waals surface area contributed by atoms with Crippen molar-refractivity contribution in [3.8, 4) is 17.4 Å². The summed E-state index contributed by atoms with van der Waals surface area (Å²) in [6.45, 7) is -0.199. The third-order valence-electron chi connectivity index (χ3n) is 3.72. The summed E-state index contributed by atoms with van der Waals surface area (Å²) in [4.78, 5) is 16.2. The van der Waals surface area contributed by atoms with Gasteiger partial charge in [0.15, 0.2) is 5.69 Å². The van der Waals surface area contributed by atoms with E-state index in [-0.39, 0.29) is 28.9 Å². The van der Waals surface area contributed by atoms with E-state index >= 15 is 0 Å². The summed E-state index contributed by atoms with van der Waals surface area (Å²) >= 11 is 9.00. The maximum atomic E-state index is 13.4. The van der Waals surface area contributed by atoms with Gasteiger partial charge in [0, 0.05) is 22.3 Å². The van der Waals surface area contributed by atoms with E-state index in [0.717, 1.165) is 10.9 Å². The highest BCUT2D eigenvalue weighted by molar-refractivity contribution is 9.10. The van der Waals surface area contributed by atoms with Crippen molar-refractivity contribution in [2.24, 2.45) is 0 Å². The lowest BCUT2D eigenvalue weighted by molar-refractivity contribution is -0.142. The third-order valence-corrected chi connectivity index (χ3v) is 4.32. The van der Waals surface area contributed by atoms with Crippen LogP contribution in [-0.2, 0) is 12.7 Å². The van der Waals surface area contributed by atoms with Crippen molar-refractivity contribution in [2.75, 3.05) is 12.8 Å². The number of alkyl halides is 3. The molecule has 8 nitrogen and oxygen atoms in total. The topological polar surface area (TPSA) is 105 Å². The molecule has 3 rings (SSSR count). The lowest BCUT2D eigenvalue weighted by Gasteiger charge is -2.15. The lowest BCUT2D eigenvalue weighted by atomic mass is 10.2. The summed E-state index contributed by atoms with van der Waals surface area (Å²) in [6, 6.07) is 5.34. The normalized spacial score (nSPS) is 11.4. The zero-order chi connectivity index (χ0) is 22.1. The molecule has 2 heterocycles. The standard InChI is InChI=1S/C17H12BrClF3N5O3/c1-29-15-8(2-12(18)25-26-15)6-27-7-24-14(17(20,21)22)13(16(27)28)30-11-4-9(19)3-10(23)5-11/h2-5,7H,6,23H2,1H3. The van der Waals surface area contributed by atoms with Crippen LogP contribution < -0.4 is 20.8 Å². The molecule has 0 saturated heterocycles. The quantitative estimate of drug-likeness (QED) is 0.523. The van der Waals surface area contributed by atoms with Crippen LogP contribution in [0, 0.1) is 0 Å². The Labute approximate surface area is 180 Å². The van der Waals surface area contributed by atoms with Gasteiger partial charge in [0.25, 0.3) is 5.56 Å². The molecule has 0 unspecified atom stereocenters. The molecule has 0 spiro atoms. The zero-order valence-electron chi connectivity index (χ0n) is 15.1. The summed E-state index contributed by atoms with van der Waals surface area (Å²) in [7, 11) is 1.34. The monoisotopic (exact) mass is 505 g/mol. The number of nitrogens with two attached hydrogens (primary N) is 1. The number of halogens is 5. The first-order valence-corrected chi connectivity index (χ1v) is 9.22. The van der Waals surface area contributed by atoms with E-state index in [4.69, 9.17) is 26.8 Å².